The van der Waals surface area contributed by atoms with Gasteiger partial charge in [0.2, 0.25) is 0 Å². The van der Waals surface area contributed by atoms with Crippen molar-refractivity contribution in [1.82, 2.24) is 4.98 Å². The number of thiazole rings is 1. The number of anilines is 1. The van der Waals surface area contributed by atoms with Crippen molar-refractivity contribution in [3.63, 3.8) is 0 Å². The van der Waals surface area contributed by atoms with Crippen molar-refractivity contribution in [2.24, 2.45) is 0 Å². The molecule has 2 aromatic rings. The molecular weight excluding hydrogens is 319 g/mol. The van der Waals surface area contributed by atoms with Gasteiger partial charge >= 0.3 is 5.97 Å². The Labute approximate surface area is 129 Å². The molecule has 0 saturated carbocycles. The van der Waals surface area contributed by atoms with Gasteiger partial charge in [0.1, 0.15) is 11.4 Å². The van der Waals surface area contributed by atoms with Gasteiger partial charge in [-0.05, 0) is 12.1 Å². The van der Waals surface area contributed by atoms with E-state index in [1.807, 2.05) is 0 Å². The Bertz CT molecular complexity index is 663. The minimum Gasteiger partial charge on any atom is -0.494 e. The van der Waals surface area contributed by atoms with E-state index in [9.17, 15) is 9.18 Å². The number of carbonyl (C=O) groups excluding carboxylic acids is 1. The van der Waals surface area contributed by atoms with Gasteiger partial charge in [0.15, 0.2) is 10.2 Å². The first kappa shape index (κ1) is 15.5. The summed E-state index contributed by atoms with van der Waals surface area (Å²) in [6, 6.07) is 2.67. The zero-order valence-corrected chi connectivity index (χ0v) is 12.8. The van der Waals surface area contributed by atoms with E-state index in [-0.39, 0.29) is 11.3 Å². The SMILES string of the molecule is COC(=O)c1c(F)ccc(NCc2cnc(Cl)s2)c1OC. The lowest BCUT2D eigenvalue weighted by molar-refractivity contribution is 0.0591. The molecule has 8 heteroatoms. The van der Waals surface area contributed by atoms with Crippen LogP contribution in [0.15, 0.2) is 18.3 Å². The quantitative estimate of drug-likeness (QED) is 0.852. The molecule has 2 rings (SSSR count). The number of methoxy groups -OCH3 is 2. The first-order valence-electron chi connectivity index (χ1n) is 5.85. The number of hydrogen-bond acceptors (Lipinski definition) is 6. The zero-order chi connectivity index (χ0) is 15.4. The maximum absolute atomic E-state index is 13.8. The third kappa shape index (κ3) is 3.43. The number of nitrogens with zero attached hydrogens (tertiary/aromatic N) is 1. The second kappa shape index (κ2) is 6.73. The van der Waals surface area contributed by atoms with Crippen LogP contribution in [0.5, 0.6) is 5.75 Å². The van der Waals surface area contributed by atoms with Crippen LogP contribution in [0.1, 0.15) is 15.2 Å². The van der Waals surface area contributed by atoms with Gasteiger partial charge in [-0.15, -0.1) is 11.3 Å². The van der Waals surface area contributed by atoms with Crippen LogP contribution in [0.3, 0.4) is 0 Å². The molecule has 0 unspecified atom stereocenters. The number of esters is 1. The zero-order valence-electron chi connectivity index (χ0n) is 11.3. The van der Waals surface area contributed by atoms with Crippen molar-refractivity contribution in [2.45, 2.75) is 6.54 Å². The summed E-state index contributed by atoms with van der Waals surface area (Å²) >= 11 is 7.08. The largest absolute Gasteiger partial charge is 0.494 e. The summed E-state index contributed by atoms with van der Waals surface area (Å²) in [5.41, 5.74) is 0.233. The fourth-order valence-corrected chi connectivity index (χ4v) is 2.67. The molecule has 0 bridgehead atoms. The van der Waals surface area contributed by atoms with Crippen molar-refractivity contribution < 1.29 is 18.7 Å². The standard InChI is InChI=1S/C13H12ClFN2O3S/c1-19-11-9(16-5-7-6-17-13(14)21-7)4-3-8(15)10(11)12(18)20-2/h3-4,6,16H,5H2,1-2H3. The molecule has 0 atom stereocenters. The van der Waals surface area contributed by atoms with Gasteiger partial charge in [-0.25, -0.2) is 14.2 Å². The summed E-state index contributed by atoms with van der Waals surface area (Å²) in [5.74, 6) is -1.41. The predicted octanol–water partition coefficient (Wildman–Crippen LogP) is 3.34. The van der Waals surface area contributed by atoms with Crippen molar-refractivity contribution in [3.8, 4) is 5.75 Å². The number of hydrogen-bond donors (Lipinski definition) is 1. The second-order valence-corrected chi connectivity index (χ2v) is 5.63. The molecule has 1 N–H and O–H groups in total. The second-order valence-electron chi connectivity index (χ2n) is 3.93. The summed E-state index contributed by atoms with van der Waals surface area (Å²) in [6.07, 6.45) is 1.64. The molecule has 0 aliphatic carbocycles. The maximum Gasteiger partial charge on any atom is 0.344 e. The molecule has 0 aliphatic heterocycles. The first-order chi connectivity index (χ1) is 10.1. The molecule has 1 aromatic carbocycles. The number of benzene rings is 1. The van der Waals surface area contributed by atoms with Gasteiger partial charge in [0.05, 0.1) is 26.5 Å². The molecule has 0 amide bonds. The summed E-state index contributed by atoms with van der Waals surface area (Å²) in [4.78, 5) is 16.5. The van der Waals surface area contributed by atoms with Crippen LogP contribution in [0.2, 0.25) is 4.47 Å². The van der Waals surface area contributed by atoms with Crippen molar-refractivity contribution >= 4 is 34.6 Å². The van der Waals surface area contributed by atoms with Gasteiger partial charge in [-0.1, -0.05) is 11.6 Å². The molecule has 1 aromatic heterocycles. The van der Waals surface area contributed by atoms with Crippen LogP contribution in [-0.4, -0.2) is 25.2 Å². The van der Waals surface area contributed by atoms with Crippen molar-refractivity contribution in [1.29, 1.82) is 0 Å². The monoisotopic (exact) mass is 330 g/mol. The average Bonchev–Trinajstić information content (AvgIpc) is 2.90. The topological polar surface area (TPSA) is 60.5 Å². The number of ether oxygens (including phenoxy) is 2. The predicted molar refractivity (Wildman–Crippen MR) is 78.7 cm³/mol. The fourth-order valence-electron chi connectivity index (χ4n) is 1.75. The Balaban J connectivity index is 2.28. The van der Waals surface area contributed by atoms with E-state index >= 15 is 0 Å². The van der Waals surface area contributed by atoms with Crippen molar-refractivity contribution in [2.75, 3.05) is 19.5 Å². The highest BCUT2D eigenvalue weighted by Crippen LogP contribution is 2.32. The van der Waals surface area contributed by atoms with Crippen LogP contribution in [0.25, 0.3) is 0 Å². The third-order valence-electron chi connectivity index (χ3n) is 2.68. The summed E-state index contributed by atoms with van der Waals surface area (Å²) < 4.78 is 23.9. The lowest BCUT2D eigenvalue weighted by Gasteiger charge is -2.14. The molecule has 0 spiro atoms. The van der Waals surface area contributed by atoms with Crippen LogP contribution in [0.4, 0.5) is 10.1 Å². The highest BCUT2D eigenvalue weighted by Gasteiger charge is 2.21. The lowest BCUT2D eigenvalue weighted by atomic mass is 10.1. The Morgan fingerprint density at radius 2 is 2.24 bits per heavy atom. The van der Waals surface area contributed by atoms with Gasteiger partial charge in [-0.2, -0.15) is 0 Å². The van der Waals surface area contributed by atoms with E-state index in [1.54, 1.807) is 6.20 Å². The number of aromatic nitrogens is 1. The first-order valence-corrected chi connectivity index (χ1v) is 7.05. The lowest BCUT2D eigenvalue weighted by Crippen LogP contribution is -2.10. The van der Waals surface area contributed by atoms with Crippen LogP contribution in [-0.2, 0) is 11.3 Å². The van der Waals surface area contributed by atoms with Gasteiger partial charge in [-0.3, -0.25) is 0 Å². The highest BCUT2D eigenvalue weighted by atomic mass is 35.5. The van der Waals surface area contributed by atoms with Gasteiger partial charge in [0.25, 0.3) is 0 Å². The minimum atomic E-state index is -0.797. The average molecular weight is 331 g/mol. The maximum atomic E-state index is 13.8. The van der Waals surface area contributed by atoms with E-state index in [0.717, 1.165) is 4.88 Å². The summed E-state index contributed by atoms with van der Waals surface area (Å²) in [5, 5.41) is 3.05. The molecule has 0 fully saturated rings. The molecule has 0 saturated heterocycles. The van der Waals surface area contributed by atoms with Gasteiger partial charge in [0, 0.05) is 11.1 Å². The number of rotatable bonds is 5. The molecule has 1 heterocycles. The van der Waals surface area contributed by atoms with Crippen LogP contribution < -0.4 is 10.1 Å². The van der Waals surface area contributed by atoms with E-state index in [4.69, 9.17) is 16.3 Å². The summed E-state index contributed by atoms with van der Waals surface area (Å²) in [7, 11) is 2.54. The molecule has 5 nitrogen and oxygen atoms in total. The molecule has 112 valence electrons. The minimum absolute atomic E-state index is 0.0949. The Morgan fingerprint density at radius 3 is 2.81 bits per heavy atom. The van der Waals surface area contributed by atoms with Crippen molar-refractivity contribution in [3.05, 3.63) is 39.1 Å². The number of carbonyl (C=O) groups is 1. The van der Waals surface area contributed by atoms with Crippen LogP contribution >= 0.6 is 22.9 Å². The summed E-state index contributed by atoms with van der Waals surface area (Å²) in [6.45, 7) is 0.424. The van der Waals surface area contributed by atoms with Gasteiger partial charge < -0.3 is 14.8 Å². The smallest absolute Gasteiger partial charge is 0.344 e. The molecule has 0 radical (unpaired) electrons. The van der Waals surface area contributed by atoms with E-state index < -0.39 is 11.8 Å². The van der Waals surface area contributed by atoms with E-state index in [0.29, 0.717) is 16.7 Å². The van der Waals surface area contributed by atoms with Crippen LogP contribution in [0, 0.1) is 5.82 Å². The number of nitrogens with one attached hydrogen (secondary N) is 1. The molecule has 0 aliphatic rings. The number of halogens is 2. The van der Waals surface area contributed by atoms with E-state index in [1.165, 1.54) is 37.7 Å². The van der Waals surface area contributed by atoms with E-state index in [2.05, 4.69) is 15.0 Å². The fraction of sp³-hybridized carbons (Fsp3) is 0.231. The molecular formula is C13H12ClFN2O3S. The molecule has 21 heavy (non-hydrogen) atoms. The third-order valence-corrected chi connectivity index (χ3v) is 3.79. The Morgan fingerprint density at radius 1 is 1.48 bits per heavy atom. The Hall–Kier alpha value is -1.86. The highest BCUT2D eigenvalue weighted by molar-refractivity contribution is 7.15. The Kier molecular flexibility index (Phi) is 4.98. The normalized spacial score (nSPS) is 10.3.